The van der Waals surface area contributed by atoms with Gasteiger partial charge in [0.15, 0.2) is 5.82 Å². The van der Waals surface area contributed by atoms with Crippen molar-refractivity contribution in [2.75, 3.05) is 6.54 Å². The lowest BCUT2D eigenvalue weighted by Crippen LogP contribution is -2.20. The van der Waals surface area contributed by atoms with E-state index in [-0.39, 0.29) is 6.04 Å². The minimum absolute atomic E-state index is 0.276. The minimum Gasteiger partial charge on any atom is -0.310 e. The fourth-order valence-electron chi connectivity index (χ4n) is 1.75. The smallest absolute Gasteiger partial charge is 0.158 e. The van der Waals surface area contributed by atoms with Crippen LogP contribution in [0.15, 0.2) is 36.8 Å². The number of nitrogens with zero attached hydrogens (tertiary/aromatic N) is 3. The van der Waals surface area contributed by atoms with E-state index < -0.39 is 0 Å². The summed E-state index contributed by atoms with van der Waals surface area (Å²) in [5.41, 5.74) is 1.16. The molecule has 2 heterocycles. The number of hydrogen-bond acceptors (Lipinski definition) is 3. The first kappa shape index (κ1) is 10.8. The van der Waals surface area contributed by atoms with Crippen LogP contribution in [0.3, 0.4) is 0 Å². The highest BCUT2D eigenvalue weighted by atomic mass is 15.3. The van der Waals surface area contributed by atoms with Crippen LogP contribution in [0.5, 0.6) is 0 Å². The van der Waals surface area contributed by atoms with Gasteiger partial charge in [-0.1, -0.05) is 13.0 Å². The topological polar surface area (TPSA) is 42.7 Å². The van der Waals surface area contributed by atoms with Gasteiger partial charge >= 0.3 is 0 Å². The Hall–Kier alpha value is -1.68. The zero-order valence-corrected chi connectivity index (χ0v) is 9.59. The molecule has 2 aromatic heterocycles. The summed E-state index contributed by atoms with van der Waals surface area (Å²) in [6, 6.07) is 6.21. The lowest BCUT2D eigenvalue weighted by molar-refractivity contribution is 0.590. The molecule has 0 saturated carbocycles. The Morgan fingerprint density at radius 2 is 2.25 bits per heavy atom. The molecule has 0 aliphatic heterocycles. The van der Waals surface area contributed by atoms with E-state index in [9.17, 15) is 0 Å². The zero-order chi connectivity index (χ0) is 11.4. The summed E-state index contributed by atoms with van der Waals surface area (Å²) in [6.45, 7) is 5.17. The van der Waals surface area contributed by atoms with Crippen LogP contribution in [0.25, 0.3) is 5.82 Å². The van der Waals surface area contributed by atoms with Crippen LogP contribution in [0, 0.1) is 0 Å². The van der Waals surface area contributed by atoms with Crippen molar-refractivity contribution in [3.05, 3.63) is 42.4 Å². The Balaban J connectivity index is 2.38. The van der Waals surface area contributed by atoms with Gasteiger partial charge in [-0.2, -0.15) is 5.10 Å². The van der Waals surface area contributed by atoms with Crippen LogP contribution in [0.1, 0.15) is 25.5 Å². The Labute approximate surface area is 95.3 Å². The van der Waals surface area contributed by atoms with Crippen LogP contribution in [-0.4, -0.2) is 21.3 Å². The third kappa shape index (κ3) is 2.12. The molecular weight excluding hydrogens is 200 g/mol. The molecular formula is C12H16N4. The van der Waals surface area contributed by atoms with Gasteiger partial charge in [-0.15, -0.1) is 0 Å². The Kier molecular flexibility index (Phi) is 3.31. The molecule has 4 heteroatoms. The van der Waals surface area contributed by atoms with Crippen LogP contribution >= 0.6 is 0 Å². The molecule has 4 nitrogen and oxygen atoms in total. The van der Waals surface area contributed by atoms with E-state index in [0.29, 0.717) is 0 Å². The summed E-state index contributed by atoms with van der Waals surface area (Å²) in [6.07, 6.45) is 5.46. The van der Waals surface area contributed by atoms with Crippen molar-refractivity contribution in [2.45, 2.75) is 19.9 Å². The molecule has 0 aliphatic carbocycles. The van der Waals surface area contributed by atoms with E-state index >= 15 is 0 Å². The fourth-order valence-corrected chi connectivity index (χ4v) is 1.75. The summed E-state index contributed by atoms with van der Waals surface area (Å²) in [4.78, 5) is 4.38. The van der Waals surface area contributed by atoms with E-state index in [1.54, 1.807) is 17.1 Å². The third-order valence-corrected chi connectivity index (χ3v) is 2.52. The molecule has 1 N–H and O–H groups in total. The fraction of sp³-hybridized carbons (Fsp3) is 0.333. The normalized spacial score (nSPS) is 12.6. The second-order valence-corrected chi connectivity index (χ2v) is 3.65. The van der Waals surface area contributed by atoms with E-state index in [4.69, 9.17) is 0 Å². The average Bonchev–Trinajstić information content (AvgIpc) is 2.83. The van der Waals surface area contributed by atoms with Gasteiger partial charge in [0.1, 0.15) is 0 Å². The molecule has 0 spiro atoms. The quantitative estimate of drug-likeness (QED) is 0.849. The zero-order valence-electron chi connectivity index (χ0n) is 9.59. The van der Waals surface area contributed by atoms with Gasteiger partial charge in [-0.25, -0.2) is 9.67 Å². The van der Waals surface area contributed by atoms with Gasteiger partial charge in [0.25, 0.3) is 0 Å². The van der Waals surface area contributed by atoms with Gasteiger partial charge in [0.2, 0.25) is 0 Å². The largest absolute Gasteiger partial charge is 0.310 e. The lowest BCUT2D eigenvalue weighted by atomic mass is 10.1. The maximum absolute atomic E-state index is 4.38. The van der Waals surface area contributed by atoms with Crippen molar-refractivity contribution in [3.8, 4) is 5.82 Å². The Morgan fingerprint density at radius 3 is 2.94 bits per heavy atom. The number of hydrogen-bond donors (Lipinski definition) is 1. The standard InChI is InChI=1S/C12H16N4/c1-3-13-10(2)11-6-4-7-14-12(11)16-9-5-8-15-16/h4-10,13H,3H2,1-2H3. The van der Waals surface area contributed by atoms with Crippen LogP contribution in [0.4, 0.5) is 0 Å². The highest BCUT2D eigenvalue weighted by Gasteiger charge is 2.11. The van der Waals surface area contributed by atoms with Crippen molar-refractivity contribution in [3.63, 3.8) is 0 Å². The van der Waals surface area contributed by atoms with Crippen molar-refractivity contribution in [1.29, 1.82) is 0 Å². The van der Waals surface area contributed by atoms with Crippen molar-refractivity contribution >= 4 is 0 Å². The van der Waals surface area contributed by atoms with Crippen LogP contribution < -0.4 is 5.32 Å². The molecule has 0 fully saturated rings. The predicted octanol–water partition coefficient (Wildman–Crippen LogP) is 1.94. The lowest BCUT2D eigenvalue weighted by Gasteiger charge is -2.15. The van der Waals surface area contributed by atoms with E-state index in [0.717, 1.165) is 17.9 Å². The van der Waals surface area contributed by atoms with E-state index in [2.05, 4.69) is 35.3 Å². The van der Waals surface area contributed by atoms with E-state index in [1.807, 2.05) is 18.3 Å². The number of pyridine rings is 1. The summed E-state index contributed by atoms with van der Waals surface area (Å²) in [7, 11) is 0. The first-order valence-electron chi connectivity index (χ1n) is 5.51. The molecule has 2 aromatic rings. The molecule has 84 valence electrons. The highest BCUT2D eigenvalue weighted by Crippen LogP contribution is 2.18. The second-order valence-electron chi connectivity index (χ2n) is 3.65. The van der Waals surface area contributed by atoms with Crippen molar-refractivity contribution in [2.24, 2.45) is 0 Å². The monoisotopic (exact) mass is 216 g/mol. The maximum Gasteiger partial charge on any atom is 0.158 e. The molecule has 1 unspecified atom stereocenters. The second kappa shape index (κ2) is 4.90. The Morgan fingerprint density at radius 1 is 1.38 bits per heavy atom. The predicted molar refractivity (Wildman–Crippen MR) is 63.5 cm³/mol. The van der Waals surface area contributed by atoms with Gasteiger partial charge in [0, 0.05) is 30.2 Å². The summed E-state index contributed by atoms with van der Waals surface area (Å²) in [5.74, 6) is 0.890. The molecule has 16 heavy (non-hydrogen) atoms. The first-order chi connectivity index (χ1) is 7.83. The van der Waals surface area contributed by atoms with Gasteiger partial charge in [-0.05, 0) is 25.6 Å². The minimum atomic E-state index is 0.276. The number of rotatable bonds is 4. The molecule has 0 radical (unpaired) electrons. The number of nitrogens with one attached hydrogen (secondary N) is 1. The summed E-state index contributed by atoms with van der Waals surface area (Å²) >= 11 is 0. The van der Waals surface area contributed by atoms with Crippen molar-refractivity contribution < 1.29 is 0 Å². The van der Waals surface area contributed by atoms with Gasteiger partial charge in [0.05, 0.1) is 0 Å². The summed E-state index contributed by atoms with van der Waals surface area (Å²) < 4.78 is 1.79. The van der Waals surface area contributed by atoms with Crippen LogP contribution in [-0.2, 0) is 0 Å². The highest BCUT2D eigenvalue weighted by molar-refractivity contribution is 5.34. The average molecular weight is 216 g/mol. The maximum atomic E-state index is 4.38. The molecule has 0 aromatic carbocycles. The molecule has 0 bridgehead atoms. The Bertz CT molecular complexity index is 436. The number of aromatic nitrogens is 3. The van der Waals surface area contributed by atoms with Gasteiger partial charge < -0.3 is 5.32 Å². The molecule has 0 aliphatic rings. The molecule has 0 saturated heterocycles. The summed E-state index contributed by atoms with van der Waals surface area (Å²) in [5, 5.41) is 7.60. The van der Waals surface area contributed by atoms with E-state index in [1.165, 1.54) is 0 Å². The van der Waals surface area contributed by atoms with Crippen molar-refractivity contribution in [1.82, 2.24) is 20.1 Å². The molecule has 0 amide bonds. The third-order valence-electron chi connectivity index (χ3n) is 2.52. The van der Waals surface area contributed by atoms with Gasteiger partial charge in [-0.3, -0.25) is 0 Å². The molecule has 1 atom stereocenters. The van der Waals surface area contributed by atoms with Crippen LogP contribution in [0.2, 0.25) is 0 Å². The SMILES string of the molecule is CCNC(C)c1cccnc1-n1cccn1. The molecule has 2 rings (SSSR count). The first-order valence-corrected chi connectivity index (χ1v) is 5.51.